The molecule has 1 atom stereocenters. The number of halogens is 1. The topological polar surface area (TPSA) is 105 Å². The highest BCUT2D eigenvalue weighted by Gasteiger charge is 2.43. The number of carbonyl (C=O) groups excluding carboxylic acids is 1. The van der Waals surface area contributed by atoms with Crippen molar-refractivity contribution in [2.75, 3.05) is 6.61 Å². The fraction of sp³-hybridized carbons (Fsp3) is 0.429. The van der Waals surface area contributed by atoms with Gasteiger partial charge in [-0.05, 0) is 31.7 Å². The van der Waals surface area contributed by atoms with Crippen LogP contribution < -0.4 is 10.1 Å². The number of ether oxygens (including phenoxy) is 1. The van der Waals surface area contributed by atoms with Crippen LogP contribution in [0.1, 0.15) is 19.8 Å². The van der Waals surface area contributed by atoms with Gasteiger partial charge in [-0.2, -0.15) is 5.26 Å². The lowest BCUT2D eigenvalue weighted by molar-refractivity contribution is -0.385. The van der Waals surface area contributed by atoms with Crippen LogP contribution in [0.4, 0.5) is 10.1 Å². The molecule has 0 bridgehead atoms. The number of amides is 1. The van der Waals surface area contributed by atoms with Crippen molar-refractivity contribution in [3.8, 4) is 11.8 Å². The van der Waals surface area contributed by atoms with Gasteiger partial charge >= 0.3 is 5.69 Å². The van der Waals surface area contributed by atoms with Crippen molar-refractivity contribution in [2.24, 2.45) is 5.92 Å². The average molecular weight is 307 g/mol. The summed E-state index contributed by atoms with van der Waals surface area (Å²) in [6, 6.07) is 4.80. The van der Waals surface area contributed by atoms with E-state index in [0.29, 0.717) is 0 Å². The third-order valence-corrected chi connectivity index (χ3v) is 3.50. The molecule has 116 valence electrons. The largest absolute Gasteiger partial charge is 0.477 e. The van der Waals surface area contributed by atoms with Gasteiger partial charge in [0.2, 0.25) is 5.75 Å². The highest BCUT2D eigenvalue weighted by molar-refractivity contribution is 5.79. The molecule has 1 amide bonds. The molecule has 1 aromatic rings. The number of nitro groups is 1. The molecule has 1 aromatic carbocycles. The molecule has 2 rings (SSSR count). The molecule has 1 saturated carbocycles. The van der Waals surface area contributed by atoms with Gasteiger partial charge in [-0.15, -0.1) is 0 Å². The quantitative estimate of drug-likeness (QED) is 0.638. The van der Waals surface area contributed by atoms with Crippen molar-refractivity contribution < 1.29 is 18.8 Å². The predicted octanol–water partition coefficient (Wildman–Crippen LogP) is 1.92. The van der Waals surface area contributed by atoms with Crippen LogP contribution in [0, 0.1) is 33.2 Å². The monoisotopic (exact) mass is 307 g/mol. The number of carbonyl (C=O) groups is 1. The summed E-state index contributed by atoms with van der Waals surface area (Å²) in [4.78, 5) is 21.9. The van der Waals surface area contributed by atoms with E-state index < -0.39 is 34.5 Å². The van der Waals surface area contributed by atoms with Crippen molar-refractivity contribution in [3.63, 3.8) is 0 Å². The second kappa shape index (κ2) is 5.97. The van der Waals surface area contributed by atoms with Gasteiger partial charge in [0.25, 0.3) is 5.91 Å². The Morgan fingerprint density at radius 1 is 1.64 bits per heavy atom. The van der Waals surface area contributed by atoms with Crippen LogP contribution in [0.15, 0.2) is 18.2 Å². The highest BCUT2D eigenvalue weighted by Crippen LogP contribution is 2.39. The summed E-state index contributed by atoms with van der Waals surface area (Å²) in [5.74, 6) is -1.52. The maximum Gasteiger partial charge on any atom is 0.311 e. The number of nitriles is 1. The molecule has 0 aliphatic heterocycles. The van der Waals surface area contributed by atoms with Crippen molar-refractivity contribution >= 4 is 11.6 Å². The van der Waals surface area contributed by atoms with E-state index in [1.807, 2.05) is 0 Å². The second-order valence-corrected chi connectivity index (χ2v) is 5.29. The zero-order chi connectivity index (χ0) is 16.3. The molecule has 0 unspecified atom stereocenters. The Morgan fingerprint density at radius 3 is 2.86 bits per heavy atom. The highest BCUT2D eigenvalue weighted by atomic mass is 19.1. The first-order valence-corrected chi connectivity index (χ1v) is 6.65. The minimum Gasteiger partial charge on any atom is -0.477 e. The molecule has 0 aromatic heterocycles. The fourth-order valence-electron chi connectivity index (χ4n) is 2.11. The smallest absolute Gasteiger partial charge is 0.311 e. The molecule has 1 aliphatic carbocycles. The Kier molecular flexibility index (Phi) is 4.26. The maximum atomic E-state index is 13.1. The molecule has 1 fully saturated rings. The zero-order valence-electron chi connectivity index (χ0n) is 11.8. The van der Waals surface area contributed by atoms with E-state index in [1.165, 1.54) is 0 Å². The van der Waals surface area contributed by atoms with E-state index in [2.05, 4.69) is 11.4 Å². The molecular weight excluding hydrogens is 293 g/mol. The molecule has 1 N–H and O–H groups in total. The van der Waals surface area contributed by atoms with E-state index >= 15 is 0 Å². The summed E-state index contributed by atoms with van der Waals surface area (Å²) >= 11 is 0. The molecule has 0 heterocycles. The number of nitrogens with zero attached hydrogens (tertiary/aromatic N) is 2. The van der Waals surface area contributed by atoms with E-state index in [4.69, 9.17) is 10.00 Å². The van der Waals surface area contributed by atoms with Gasteiger partial charge in [0.05, 0.1) is 11.0 Å². The van der Waals surface area contributed by atoms with Crippen molar-refractivity contribution in [1.29, 1.82) is 5.26 Å². The summed E-state index contributed by atoms with van der Waals surface area (Å²) in [5, 5.41) is 22.5. The van der Waals surface area contributed by atoms with E-state index in [-0.39, 0.29) is 11.7 Å². The van der Waals surface area contributed by atoms with Gasteiger partial charge in [-0.1, -0.05) is 0 Å². The third kappa shape index (κ3) is 3.49. The van der Waals surface area contributed by atoms with Crippen molar-refractivity contribution in [2.45, 2.75) is 25.3 Å². The average Bonchev–Trinajstić information content (AvgIpc) is 3.29. The lowest BCUT2D eigenvalue weighted by Crippen LogP contribution is -2.48. The number of rotatable bonds is 6. The molecule has 7 nitrogen and oxygen atoms in total. The Balaban J connectivity index is 2.01. The fourth-order valence-corrected chi connectivity index (χ4v) is 2.11. The van der Waals surface area contributed by atoms with E-state index in [1.54, 1.807) is 6.92 Å². The Bertz CT molecular complexity index is 654. The normalized spacial score (nSPS) is 16.2. The third-order valence-electron chi connectivity index (χ3n) is 3.50. The Labute approximate surface area is 125 Å². The van der Waals surface area contributed by atoms with Crippen LogP contribution in [0.25, 0.3) is 0 Å². The van der Waals surface area contributed by atoms with Crippen LogP contribution in [0.2, 0.25) is 0 Å². The molecule has 0 spiro atoms. The zero-order valence-corrected chi connectivity index (χ0v) is 11.8. The summed E-state index contributed by atoms with van der Waals surface area (Å²) in [5.41, 5.74) is -1.41. The number of benzene rings is 1. The molecule has 8 heteroatoms. The Hall–Kier alpha value is -2.69. The van der Waals surface area contributed by atoms with Gasteiger partial charge < -0.3 is 10.1 Å². The predicted molar refractivity (Wildman–Crippen MR) is 73.4 cm³/mol. The van der Waals surface area contributed by atoms with Crippen LogP contribution >= 0.6 is 0 Å². The first-order chi connectivity index (χ1) is 10.4. The molecule has 1 aliphatic rings. The SMILES string of the molecule is C[C@@](C#N)(NC(=O)COc1cc(F)ccc1[N+](=O)[O-])C1CC1. The molecule has 0 saturated heterocycles. The van der Waals surface area contributed by atoms with E-state index in [9.17, 15) is 19.3 Å². The van der Waals surface area contributed by atoms with Gasteiger partial charge in [-0.25, -0.2) is 4.39 Å². The van der Waals surface area contributed by atoms with Crippen LogP contribution in [0.3, 0.4) is 0 Å². The summed E-state index contributed by atoms with van der Waals surface area (Å²) in [7, 11) is 0. The van der Waals surface area contributed by atoms with Gasteiger partial charge in [0.1, 0.15) is 11.4 Å². The lowest BCUT2D eigenvalue weighted by Gasteiger charge is -2.22. The minimum atomic E-state index is -0.978. The standard InChI is InChI=1S/C14H14FN3O4/c1-14(8-16,9-2-3-9)17-13(19)7-22-12-6-10(15)4-5-11(12)18(20)21/h4-6,9H,2-3,7H2,1H3,(H,17,19)/t14-/m0/s1. The second-order valence-electron chi connectivity index (χ2n) is 5.29. The number of hydrogen-bond donors (Lipinski definition) is 1. The lowest BCUT2D eigenvalue weighted by atomic mass is 9.98. The van der Waals surface area contributed by atoms with Crippen molar-refractivity contribution in [1.82, 2.24) is 5.32 Å². The summed E-state index contributed by atoms with van der Waals surface area (Å²) < 4.78 is 18.2. The van der Waals surface area contributed by atoms with Gasteiger partial charge in [0.15, 0.2) is 6.61 Å². The van der Waals surface area contributed by atoms with Crippen molar-refractivity contribution in [3.05, 3.63) is 34.1 Å². The first kappa shape index (κ1) is 15.7. The van der Waals surface area contributed by atoms with Gasteiger partial charge in [0, 0.05) is 12.1 Å². The van der Waals surface area contributed by atoms with Crippen LogP contribution in [-0.2, 0) is 4.79 Å². The maximum absolute atomic E-state index is 13.1. The first-order valence-electron chi connectivity index (χ1n) is 6.65. The minimum absolute atomic E-state index is 0.102. The number of nitrogens with one attached hydrogen (secondary N) is 1. The summed E-state index contributed by atoms with van der Waals surface area (Å²) in [6.45, 7) is 1.08. The number of nitro benzene ring substituents is 1. The van der Waals surface area contributed by atoms with Crippen LogP contribution in [0.5, 0.6) is 5.75 Å². The summed E-state index contributed by atoms with van der Waals surface area (Å²) in [6.07, 6.45) is 1.72. The molecular formula is C14H14FN3O4. The number of hydrogen-bond acceptors (Lipinski definition) is 5. The van der Waals surface area contributed by atoms with E-state index in [0.717, 1.165) is 31.0 Å². The Morgan fingerprint density at radius 2 is 2.32 bits per heavy atom. The molecule has 0 radical (unpaired) electrons. The van der Waals surface area contributed by atoms with Crippen LogP contribution in [-0.4, -0.2) is 23.0 Å². The van der Waals surface area contributed by atoms with Gasteiger partial charge in [-0.3, -0.25) is 14.9 Å². The molecule has 22 heavy (non-hydrogen) atoms.